The number of H-pyrrole nitrogens is 1. The van der Waals surface area contributed by atoms with Gasteiger partial charge in [-0.2, -0.15) is 0 Å². The first-order valence-corrected chi connectivity index (χ1v) is 10.6. The molecule has 0 bridgehead atoms. The quantitative estimate of drug-likeness (QED) is 0.571. The summed E-state index contributed by atoms with van der Waals surface area (Å²) < 4.78 is 0. The third kappa shape index (κ3) is 3.36. The fourth-order valence-electron chi connectivity index (χ4n) is 4.14. The summed E-state index contributed by atoms with van der Waals surface area (Å²) in [6.07, 6.45) is 3.19. The van der Waals surface area contributed by atoms with Crippen molar-refractivity contribution in [3.05, 3.63) is 53.1 Å². The molecule has 30 heavy (non-hydrogen) atoms. The first-order chi connectivity index (χ1) is 14.3. The SMILES string of the molecule is CCCCCN1C(=O)C(C)(C)c2cc3[nH]c(NC(=O)c4ccccc4C)nc3cc21. The van der Waals surface area contributed by atoms with Gasteiger partial charge in [0.05, 0.1) is 22.1 Å². The number of aryl methyl sites for hydroxylation is 1. The number of hydrogen-bond donors (Lipinski definition) is 2. The van der Waals surface area contributed by atoms with Gasteiger partial charge in [0.2, 0.25) is 11.9 Å². The van der Waals surface area contributed by atoms with E-state index >= 15 is 0 Å². The van der Waals surface area contributed by atoms with Crippen LogP contribution in [0.3, 0.4) is 0 Å². The van der Waals surface area contributed by atoms with Crippen LogP contribution < -0.4 is 10.2 Å². The first kappa shape index (κ1) is 20.1. The minimum Gasteiger partial charge on any atom is -0.324 e. The molecule has 4 rings (SSSR count). The van der Waals surface area contributed by atoms with Gasteiger partial charge in [0.1, 0.15) is 0 Å². The predicted molar refractivity (Wildman–Crippen MR) is 120 cm³/mol. The van der Waals surface area contributed by atoms with Gasteiger partial charge in [-0.15, -0.1) is 0 Å². The number of aromatic nitrogens is 2. The summed E-state index contributed by atoms with van der Waals surface area (Å²) in [5.41, 5.74) is 4.42. The lowest BCUT2D eigenvalue weighted by molar-refractivity contribution is -0.122. The fourth-order valence-corrected chi connectivity index (χ4v) is 4.14. The smallest absolute Gasteiger partial charge is 0.258 e. The Balaban J connectivity index is 1.66. The van der Waals surface area contributed by atoms with Gasteiger partial charge in [-0.3, -0.25) is 14.9 Å². The second kappa shape index (κ2) is 7.59. The van der Waals surface area contributed by atoms with E-state index in [1.54, 1.807) is 6.07 Å². The number of carbonyl (C=O) groups is 2. The zero-order chi connectivity index (χ0) is 21.5. The Morgan fingerprint density at radius 2 is 1.97 bits per heavy atom. The topological polar surface area (TPSA) is 78.1 Å². The number of unbranched alkanes of at least 4 members (excludes halogenated alkanes) is 2. The number of amides is 2. The molecule has 6 nitrogen and oxygen atoms in total. The van der Waals surface area contributed by atoms with Gasteiger partial charge in [0.15, 0.2) is 0 Å². The summed E-state index contributed by atoms with van der Waals surface area (Å²) in [6, 6.07) is 11.4. The van der Waals surface area contributed by atoms with Crippen molar-refractivity contribution >= 4 is 34.5 Å². The molecule has 2 N–H and O–H groups in total. The van der Waals surface area contributed by atoms with Crippen LogP contribution in [0, 0.1) is 6.92 Å². The van der Waals surface area contributed by atoms with E-state index in [0.717, 1.165) is 53.7 Å². The number of fused-ring (bicyclic) bond motifs is 2. The Bertz CT molecular complexity index is 1130. The van der Waals surface area contributed by atoms with Gasteiger partial charge < -0.3 is 9.88 Å². The normalized spacial score (nSPS) is 14.9. The van der Waals surface area contributed by atoms with Crippen LogP contribution in [0.15, 0.2) is 36.4 Å². The predicted octanol–water partition coefficient (Wildman–Crippen LogP) is 4.94. The number of rotatable bonds is 6. The molecular weight excluding hydrogens is 376 g/mol. The second-order valence-electron chi connectivity index (χ2n) is 8.53. The summed E-state index contributed by atoms with van der Waals surface area (Å²) in [7, 11) is 0. The Hall–Kier alpha value is -3.15. The number of nitrogens with one attached hydrogen (secondary N) is 2. The molecule has 0 saturated heterocycles. The van der Waals surface area contributed by atoms with Crippen LogP contribution in [0.4, 0.5) is 11.6 Å². The van der Waals surface area contributed by atoms with Crippen LogP contribution >= 0.6 is 0 Å². The molecule has 0 unspecified atom stereocenters. The number of hydrogen-bond acceptors (Lipinski definition) is 3. The number of benzene rings is 2. The van der Waals surface area contributed by atoms with Gasteiger partial charge in [0, 0.05) is 12.1 Å². The molecule has 1 aliphatic heterocycles. The maximum absolute atomic E-state index is 13.0. The van der Waals surface area contributed by atoms with Gasteiger partial charge >= 0.3 is 0 Å². The monoisotopic (exact) mass is 404 g/mol. The molecular formula is C24H28N4O2. The lowest BCUT2D eigenvalue weighted by atomic mass is 9.86. The number of carbonyl (C=O) groups excluding carboxylic acids is 2. The maximum Gasteiger partial charge on any atom is 0.258 e. The van der Waals surface area contributed by atoms with Gasteiger partial charge in [0.25, 0.3) is 5.91 Å². The van der Waals surface area contributed by atoms with Crippen molar-refractivity contribution in [3.63, 3.8) is 0 Å². The lowest BCUT2D eigenvalue weighted by Crippen LogP contribution is -2.36. The zero-order valence-electron chi connectivity index (χ0n) is 18.0. The van der Waals surface area contributed by atoms with Crippen molar-refractivity contribution in [1.82, 2.24) is 9.97 Å². The van der Waals surface area contributed by atoms with Gasteiger partial charge in [-0.05, 0) is 56.5 Å². The van der Waals surface area contributed by atoms with Crippen LogP contribution in [0.2, 0.25) is 0 Å². The van der Waals surface area contributed by atoms with E-state index in [1.807, 2.05) is 56.0 Å². The molecule has 3 aromatic rings. The molecule has 0 saturated carbocycles. The molecule has 2 heterocycles. The number of imidazole rings is 1. The highest BCUT2D eigenvalue weighted by Gasteiger charge is 2.44. The number of anilines is 2. The lowest BCUT2D eigenvalue weighted by Gasteiger charge is -2.20. The minimum atomic E-state index is -0.578. The highest BCUT2D eigenvalue weighted by molar-refractivity contribution is 6.10. The van der Waals surface area contributed by atoms with Crippen molar-refractivity contribution < 1.29 is 9.59 Å². The summed E-state index contributed by atoms with van der Waals surface area (Å²) >= 11 is 0. The second-order valence-corrected chi connectivity index (χ2v) is 8.53. The molecule has 0 fully saturated rings. The van der Waals surface area contributed by atoms with E-state index in [4.69, 9.17) is 0 Å². The zero-order valence-corrected chi connectivity index (χ0v) is 18.0. The van der Waals surface area contributed by atoms with E-state index in [1.165, 1.54) is 0 Å². The molecule has 2 amide bonds. The minimum absolute atomic E-state index is 0.134. The summed E-state index contributed by atoms with van der Waals surface area (Å²) in [6.45, 7) is 8.72. The van der Waals surface area contributed by atoms with Crippen molar-refractivity contribution in [2.45, 2.75) is 52.4 Å². The van der Waals surface area contributed by atoms with Crippen LogP contribution in [0.1, 0.15) is 61.5 Å². The molecule has 2 aromatic carbocycles. The van der Waals surface area contributed by atoms with Crippen LogP contribution in [0.5, 0.6) is 0 Å². The van der Waals surface area contributed by atoms with E-state index < -0.39 is 5.41 Å². The fraction of sp³-hybridized carbons (Fsp3) is 0.375. The molecule has 0 atom stereocenters. The third-order valence-electron chi connectivity index (χ3n) is 5.95. The average molecular weight is 405 g/mol. The molecule has 0 aliphatic carbocycles. The van der Waals surface area contributed by atoms with E-state index in [0.29, 0.717) is 11.5 Å². The molecule has 6 heteroatoms. The van der Waals surface area contributed by atoms with E-state index in [2.05, 4.69) is 22.2 Å². The van der Waals surface area contributed by atoms with Crippen molar-refractivity contribution in [1.29, 1.82) is 0 Å². The highest BCUT2D eigenvalue weighted by Crippen LogP contribution is 2.43. The first-order valence-electron chi connectivity index (χ1n) is 10.6. The Morgan fingerprint density at radius 1 is 1.20 bits per heavy atom. The van der Waals surface area contributed by atoms with E-state index in [-0.39, 0.29) is 11.8 Å². The number of nitrogens with zero attached hydrogens (tertiary/aromatic N) is 2. The van der Waals surface area contributed by atoms with Crippen molar-refractivity contribution in [2.24, 2.45) is 0 Å². The van der Waals surface area contributed by atoms with Crippen LogP contribution in [0.25, 0.3) is 11.0 Å². The Morgan fingerprint density at radius 3 is 2.70 bits per heavy atom. The Kier molecular flexibility index (Phi) is 5.10. The summed E-state index contributed by atoms with van der Waals surface area (Å²) in [4.78, 5) is 35.3. The molecule has 0 spiro atoms. The van der Waals surface area contributed by atoms with Gasteiger partial charge in [-0.1, -0.05) is 38.0 Å². The molecule has 1 aliphatic rings. The van der Waals surface area contributed by atoms with Gasteiger partial charge in [-0.25, -0.2) is 4.98 Å². The number of aromatic amines is 1. The van der Waals surface area contributed by atoms with Crippen LogP contribution in [-0.4, -0.2) is 28.3 Å². The van der Waals surface area contributed by atoms with Crippen molar-refractivity contribution in [3.8, 4) is 0 Å². The largest absolute Gasteiger partial charge is 0.324 e. The summed E-state index contributed by atoms with van der Waals surface area (Å²) in [5.74, 6) is 0.342. The Labute approximate surface area is 176 Å². The third-order valence-corrected chi connectivity index (χ3v) is 5.95. The maximum atomic E-state index is 13.0. The summed E-state index contributed by atoms with van der Waals surface area (Å²) in [5, 5.41) is 2.86. The molecule has 156 valence electrons. The average Bonchev–Trinajstić information content (AvgIpc) is 3.18. The molecule has 1 aromatic heterocycles. The van der Waals surface area contributed by atoms with E-state index in [9.17, 15) is 9.59 Å². The van der Waals surface area contributed by atoms with Crippen molar-refractivity contribution in [2.75, 3.05) is 16.8 Å². The molecule has 0 radical (unpaired) electrons. The highest BCUT2D eigenvalue weighted by atomic mass is 16.2. The standard InChI is InChI=1S/C24H28N4O2/c1-5-6-9-12-28-20-14-19-18(13-17(20)24(3,4)22(28)30)25-23(26-19)27-21(29)16-11-8-7-10-15(16)2/h7-8,10-11,13-14H,5-6,9,12H2,1-4H3,(H2,25,26,27,29). The van der Waals surface area contributed by atoms with Crippen LogP contribution in [-0.2, 0) is 10.2 Å².